The van der Waals surface area contributed by atoms with Gasteiger partial charge in [0.2, 0.25) is 0 Å². The van der Waals surface area contributed by atoms with E-state index in [-0.39, 0.29) is 0 Å². The average molecular weight is 197 g/mol. The number of rotatable bonds is 3. The maximum Gasteiger partial charge on any atom is 0.0576 e. The molecular weight excluding hydrogens is 174 g/mol. The lowest BCUT2D eigenvalue weighted by atomic mass is 9.93. The van der Waals surface area contributed by atoms with Crippen molar-refractivity contribution in [2.24, 2.45) is 11.7 Å². The van der Waals surface area contributed by atoms with Crippen molar-refractivity contribution in [2.45, 2.75) is 63.5 Å². The predicted octanol–water partition coefficient (Wildman–Crippen LogP) is 2.46. The molecule has 0 amide bonds. The van der Waals surface area contributed by atoms with E-state index in [1.807, 2.05) is 0 Å². The first-order valence-electron chi connectivity index (χ1n) is 6.22. The summed E-state index contributed by atoms with van der Waals surface area (Å²) in [5, 5.41) is 0. The lowest BCUT2D eigenvalue weighted by molar-refractivity contribution is 0.00624. The fourth-order valence-corrected chi connectivity index (χ4v) is 2.70. The summed E-state index contributed by atoms with van der Waals surface area (Å²) in [6.45, 7) is 1.01. The summed E-state index contributed by atoms with van der Waals surface area (Å²) in [7, 11) is 0. The van der Waals surface area contributed by atoms with Gasteiger partial charge in [-0.3, -0.25) is 0 Å². The molecule has 0 aromatic rings. The third-order valence-electron chi connectivity index (χ3n) is 3.76. The number of hydrogen-bond donors (Lipinski definition) is 1. The zero-order valence-corrected chi connectivity index (χ0v) is 9.08. The van der Waals surface area contributed by atoms with Gasteiger partial charge in [0.25, 0.3) is 0 Å². The first-order valence-corrected chi connectivity index (χ1v) is 6.22. The lowest BCUT2D eigenvalue weighted by Gasteiger charge is -2.27. The van der Waals surface area contributed by atoms with Crippen LogP contribution in [0.5, 0.6) is 0 Å². The van der Waals surface area contributed by atoms with Crippen LogP contribution in [0.2, 0.25) is 0 Å². The topological polar surface area (TPSA) is 35.2 Å². The van der Waals surface area contributed by atoms with Crippen molar-refractivity contribution in [3.05, 3.63) is 0 Å². The molecule has 2 aliphatic rings. The van der Waals surface area contributed by atoms with Gasteiger partial charge in [0.1, 0.15) is 0 Å². The lowest BCUT2D eigenvalue weighted by Crippen LogP contribution is -2.31. The van der Waals surface area contributed by atoms with E-state index in [1.54, 1.807) is 0 Å². The van der Waals surface area contributed by atoms with E-state index in [0.717, 1.165) is 25.4 Å². The second-order valence-electron chi connectivity index (χ2n) is 5.02. The number of ether oxygens (including phenoxy) is 1. The third-order valence-corrected chi connectivity index (χ3v) is 3.76. The van der Waals surface area contributed by atoms with Crippen molar-refractivity contribution in [2.75, 3.05) is 6.61 Å². The molecule has 2 heteroatoms. The standard InChI is InChI=1S/C12H23NO/c13-11-5-7-12(8-6-11)14-9-10-3-1-2-4-10/h10-12H,1-9,13H2. The molecule has 0 heterocycles. The van der Waals surface area contributed by atoms with Crippen LogP contribution in [0.4, 0.5) is 0 Å². The molecule has 2 N–H and O–H groups in total. The van der Waals surface area contributed by atoms with E-state index in [4.69, 9.17) is 10.5 Å². The molecule has 14 heavy (non-hydrogen) atoms. The Hall–Kier alpha value is -0.0800. The van der Waals surface area contributed by atoms with Crippen LogP contribution in [0.15, 0.2) is 0 Å². The zero-order valence-electron chi connectivity index (χ0n) is 9.08. The Bertz CT molecular complexity index is 158. The Balaban J connectivity index is 1.60. The molecule has 2 rings (SSSR count). The maximum absolute atomic E-state index is 5.96. The predicted molar refractivity (Wildman–Crippen MR) is 58.1 cm³/mol. The van der Waals surface area contributed by atoms with Gasteiger partial charge in [-0.15, -0.1) is 0 Å². The van der Waals surface area contributed by atoms with E-state index in [9.17, 15) is 0 Å². The molecule has 2 fully saturated rings. The molecule has 2 saturated carbocycles. The molecule has 0 bridgehead atoms. The molecule has 0 aliphatic heterocycles. The fraction of sp³-hybridized carbons (Fsp3) is 1.00. The van der Waals surface area contributed by atoms with Crippen LogP contribution in [-0.2, 0) is 4.74 Å². The summed E-state index contributed by atoms with van der Waals surface area (Å²) in [6, 6.07) is 0.446. The Morgan fingerprint density at radius 2 is 1.57 bits per heavy atom. The summed E-state index contributed by atoms with van der Waals surface area (Å²) < 4.78 is 5.96. The van der Waals surface area contributed by atoms with E-state index in [0.29, 0.717) is 12.1 Å². The van der Waals surface area contributed by atoms with Crippen LogP contribution in [-0.4, -0.2) is 18.8 Å². The summed E-state index contributed by atoms with van der Waals surface area (Å²) >= 11 is 0. The van der Waals surface area contributed by atoms with Crippen LogP contribution in [0.1, 0.15) is 51.4 Å². The highest BCUT2D eigenvalue weighted by atomic mass is 16.5. The minimum atomic E-state index is 0.446. The molecule has 0 spiro atoms. The van der Waals surface area contributed by atoms with Crippen molar-refractivity contribution in [3.8, 4) is 0 Å². The fourth-order valence-electron chi connectivity index (χ4n) is 2.70. The Morgan fingerprint density at radius 3 is 2.21 bits per heavy atom. The summed E-state index contributed by atoms with van der Waals surface area (Å²) in [6.07, 6.45) is 10.9. The molecule has 0 unspecified atom stereocenters. The van der Waals surface area contributed by atoms with Crippen LogP contribution < -0.4 is 5.73 Å². The molecule has 0 atom stereocenters. The SMILES string of the molecule is NC1CCC(OCC2CCCC2)CC1. The largest absolute Gasteiger partial charge is 0.378 e. The zero-order chi connectivity index (χ0) is 9.80. The first-order chi connectivity index (χ1) is 6.84. The van der Waals surface area contributed by atoms with Crippen LogP contribution in [0.25, 0.3) is 0 Å². The maximum atomic E-state index is 5.96. The minimum Gasteiger partial charge on any atom is -0.378 e. The van der Waals surface area contributed by atoms with Crippen molar-refractivity contribution in [1.82, 2.24) is 0 Å². The van der Waals surface area contributed by atoms with E-state index >= 15 is 0 Å². The molecule has 2 nitrogen and oxygen atoms in total. The smallest absolute Gasteiger partial charge is 0.0576 e. The molecular formula is C12H23NO. The Labute approximate surface area is 87.2 Å². The number of nitrogens with two attached hydrogens (primary N) is 1. The highest BCUT2D eigenvalue weighted by Crippen LogP contribution is 2.27. The van der Waals surface area contributed by atoms with Crippen LogP contribution in [0.3, 0.4) is 0 Å². The van der Waals surface area contributed by atoms with Gasteiger partial charge in [0, 0.05) is 12.6 Å². The molecule has 0 radical (unpaired) electrons. The van der Waals surface area contributed by atoms with E-state index in [1.165, 1.54) is 38.5 Å². The van der Waals surface area contributed by atoms with Gasteiger partial charge in [-0.25, -0.2) is 0 Å². The normalized spacial score (nSPS) is 34.9. The summed E-state index contributed by atoms with van der Waals surface area (Å²) in [4.78, 5) is 0. The Morgan fingerprint density at radius 1 is 0.929 bits per heavy atom. The number of hydrogen-bond acceptors (Lipinski definition) is 2. The molecule has 0 aromatic heterocycles. The summed E-state index contributed by atoms with van der Waals surface area (Å²) in [5.74, 6) is 0.866. The van der Waals surface area contributed by atoms with Crippen LogP contribution >= 0.6 is 0 Å². The van der Waals surface area contributed by atoms with Gasteiger partial charge in [0.15, 0.2) is 0 Å². The van der Waals surface area contributed by atoms with Crippen molar-refractivity contribution < 1.29 is 4.74 Å². The monoisotopic (exact) mass is 197 g/mol. The first kappa shape index (κ1) is 10.4. The van der Waals surface area contributed by atoms with E-state index < -0.39 is 0 Å². The van der Waals surface area contributed by atoms with Gasteiger partial charge in [-0.2, -0.15) is 0 Å². The second-order valence-corrected chi connectivity index (χ2v) is 5.02. The molecule has 0 saturated heterocycles. The quantitative estimate of drug-likeness (QED) is 0.754. The average Bonchev–Trinajstić information content (AvgIpc) is 2.70. The van der Waals surface area contributed by atoms with E-state index in [2.05, 4.69) is 0 Å². The van der Waals surface area contributed by atoms with Crippen molar-refractivity contribution in [1.29, 1.82) is 0 Å². The van der Waals surface area contributed by atoms with Crippen molar-refractivity contribution in [3.63, 3.8) is 0 Å². The third kappa shape index (κ3) is 2.96. The highest BCUT2D eigenvalue weighted by Gasteiger charge is 2.21. The molecule has 0 aromatic carbocycles. The summed E-state index contributed by atoms with van der Waals surface area (Å²) in [5.41, 5.74) is 5.86. The minimum absolute atomic E-state index is 0.446. The van der Waals surface area contributed by atoms with Gasteiger partial charge < -0.3 is 10.5 Å². The molecule has 2 aliphatic carbocycles. The van der Waals surface area contributed by atoms with Gasteiger partial charge in [-0.05, 0) is 44.4 Å². The second kappa shape index (κ2) is 5.13. The van der Waals surface area contributed by atoms with Crippen LogP contribution in [0, 0.1) is 5.92 Å². The van der Waals surface area contributed by atoms with Gasteiger partial charge >= 0.3 is 0 Å². The Kier molecular flexibility index (Phi) is 3.82. The van der Waals surface area contributed by atoms with Gasteiger partial charge in [0.05, 0.1) is 6.10 Å². The van der Waals surface area contributed by atoms with Gasteiger partial charge in [-0.1, -0.05) is 12.8 Å². The molecule has 82 valence electrons. The van der Waals surface area contributed by atoms with Crippen molar-refractivity contribution >= 4 is 0 Å². The highest BCUT2D eigenvalue weighted by molar-refractivity contribution is 4.75.